The number of rotatable bonds is 6. The molecule has 1 aromatic carbocycles. The third-order valence-electron chi connectivity index (χ3n) is 4.34. The lowest BCUT2D eigenvalue weighted by atomic mass is 10.0. The number of aromatic nitrogens is 1. The first kappa shape index (κ1) is 19.5. The summed E-state index contributed by atoms with van der Waals surface area (Å²) in [5, 5.41) is 3.48. The second kappa shape index (κ2) is 9.61. The van der Waals surface area contributed by atoms with Gasteiger partial charge in [-0.2, -0.15) is 0 Å². The van der Waals surface area contributed by atoms with Gasteiger partial charge in [0.25, 0.3) is 0 Å². The molecule has 1 N–H and O–H groups in total. The molecule has 0 spiro atoms. The molecule has 5 nitrogen and oxygen atoms in total. The van der Waals surface area contributed by atoms with E-state index in [4.69, 9.17) is 9.47 Å². The van der Waals surface area contributed by atoms with Gasteiger partial charge in [0.05, 0.1) is 13.7 Å². The maximum absolute atomic E-state index is 5.70. The molecule has 1 aromatic heterocycles. The van der Waals surface area contributed by atoms with Crippen molar-refractivity contribution >= 4 is 12.4 Å². The van der Waals surface area contributed by atoms with Gasteiger partial charge in [0.2, 0.25) is 0 Å². The summed E-state index contributed by atoms with van der Waals surface area (Å²) >= 11 is 0. The van der Waals surface area contributed by atoms with Crippen LogP contribution in [0.25, 0.3) is 0 Å². The Balaban J connectivity index is 0.00000225. The van der Waals surface area contributed by atoms with Crippen LogP contribution in [0.2, 0.25) is 0 Å². The van der Waals surface area contributed by atoms with Crippen molar-refractivity contribution in [1.29, 1.82) is 0 Å². The third kappa shape index (κ3) is 4.84. The van der Waals surface area contributed by atoms with E-state index in [0.717, 1.165) is 37.7 Å². The molecular formula is C19H26ClN3O2. The Kier molecular flexibility index (Phi) is 7.50. The monoisotopic (exact) mass is 363 g/mol. The summed E-state index contributed by atoms with van der Waals surface area (Å²) in [6, 6.07) is 10.7. The Morgan fingerprint density at radius 1 is 1.28 bits per heavy atom. The zero-order chi connectivity index (χ0) is 16.8. The molecule has 1 aliphatic rings. The van der Waals surface area contributed by atoms with Crippen LogP contribution in [-0.2, 0) is 6.54 Å². The van der Waals surface area contributed by atoms with E-state index in [9.17, 15) is 0 Å². The second-order valence-corrected chi connectivity index (χ2v) is 5.89. The maximum Gasteiger partial charge on any atom is 0.161 e. The largest absolute Gasteiger partial charge is 0.493 e. The van der Waals surface area contributed by atoms with Crippen molar-refractivity contribution in [2.45, 2.75) is 19.5 Å². The van der Waals surface area contributed by atoms with E-state index < -0.39 is 0 Å². The molecule has 0 bridgehead atoms. The number of ether oxygens (including phenoxy) is 2. The van der Waals surface area contributed by atoms with Crippen LogP contribution < -0.4 is 14.8 Å². The number of piperazine rings is 1. The van der Waals surface area contributed by atoms with Gasteiger partial charge in [0.1, 0.15) is 0 Å². The van der Waals surface area contributed by atoms with Crippen molar-refractivity contribution in [2.24, 2.45) is 0 Å². The normalized spacial score (nSPS) is 17.6. The molecule has 136 valence electrons. The highest BCUT2D eigenvalue weighted by atomic mass is 35.5. The Morgan fingerprint density at radius 2 is 2.16 bits per heavy atom. The van der Waals surface area contributed by atoms with Crippen molar-refractivity contribution in [1.82, 2.24) is 15.2 Å². The summed E-state index contributed by atoms with van der Waals surface area (Å²) in [6.45, 7) is 6.46. The highest BCUT2D eigenvalue weighted by Crippen LogP contribution is 2.30. The SMILES string of the molecule is CCOc1cc(CN2CCNCC2c2cccnc2)ccc1OC.Cl. The van der Waals surface area contributed by atoms with E-state index in [1.54, 1.807) is 7.11 Å². The molecule has 1 unspecified atom stereocenters. The molecule has 0 saturated carbocycles. The average molecular weight is 364 g/mol. The number of hydrogen-bond acceptors (Lipinski definition) is 5. The summed E-state index contributed by atoms with van der Waals surface area (Å²) in [5.41, 5.74) is 2.48. The van der Waals surface area contributed by atoms with Crippen LogP contribution in [-0.4, -0.2) is 43.2 Å². The van der Waals surface area contributed by atoms with Gasteiger partial charge >= 0.3 is 0 Å². The van der Waals surface area contributed by atoms with E-state index in [1.165, 1.54) is 11.1 Å². The molecule has 1 saturated heterocycles. The number of hydrogen-bond donors (Lipinski definition) is 1. The smallest absolute Gasteiger partial charge is 0.161 e. The molecule has 1 aliphatic heterocycles. The molecule has 2 heterocycles. The fraction of sp³-hybridized carbons (Fsp3) is 0.421. The predicted molar refractivity (Wildman–Crippen MR) is 102 cm³/mol. The number of benzene rings is 1. The number of methoxy groups -OCH3 is 1. The first-order valence-electron chi connectivity index (χ1n) is 8.46. The lowest BCUT2D eigenvalue weighted by Crippen LogP contribution is -2.45. The van der Waals surface area contributed by atoms with Gasteiger partial charge in [-0.05, 0) is 36.2 Å². The Labute approximate surface area is 155 Å². The second-order valence-electron chi connectivity index (χ2n) is 5.89. The first-order valence-corrected chi connectivity index (χ1v) is 8.46. The molecule has 0 radical (unpaired) electrons. The van der Waals surface area contributed by atoms with E-state index >= 15 is 0 Å². The van der Waals surface area contributed by atoms with Crippen molar-refractivity contribution < 1.29 is 9.47 Å². The van der Waals surface area contributed by atoms with Gasteiger partial charge in [-0.15, -0.1) is 12.4 Å². The standard InChI is InChI=1S/C19H25N3O2.ClH/c1-3-24-19-11-15(6-7-18(19)23-2)14-22-10-9-21-13-17(22)16-5-4-8-20-12-16;/h4-8,11-12,17,21H,3,9-10,13-14H2,1-2H3;1H. The molecule has 1 atom stereocenters. The fourth-order valence-corrected chi connectivity index (χ4v) is 3.16. The quantitative estimate of drug-likeness (QED) is 0.854. The van der Waals surface area contributed by atoms with Crippen molar-refractivity contribution in [3.8, 4) is 11.5 Å². The van der Waals surface area contributed by atoms with Gasteiger partial charge in [-0.3, -0.25) is 9.88 Å². The Hall–Kier alpha value is -1.82. The topological polar surface area (TPSA) is 46.6 Å². The van der Waals surface area contributed by atoms with Gasteiger partial charge < -0.3 is 14.8 Å². The summed E-state index contributed by atoms with van der Waals surface area (Å²) < 4.78 is 11.1. The van der Waals surface area contributed by atoms with Gasteiger partial charge in [-0.1, -0.05) is 12.1 Å². The number of pyridine rings is 1. The maximum atomic E-state index is 5.70. The van der Waals surface area contributed by atoms with Crippen molar-refractivity contribution in [2.75, 3.05) is 33.4 Å². The van der Waals surface area contributed by atoms with E-state index in [0.29, 0.717) is 12.6 Å². The number of nitrogens with one attached hydrogen (secondary N) is 1. The Morgan fingerprint density at radius 3 is 2.88 bits per heavy atom. The average Bonchev–Trinajstić information content (AvgIpc) is 2.63. The first-order chi connectivity index (χ1) is 11.8. The molecule has 0 aliphatic carbocycles. The summed E-state index contributed by atoms with van der Waals surface area (Å²) in [6.07, 6.45) is 3.78. The van der Waals surface area contributed by atoms with Crippen LogP contribution in [0.5, 0.6) is 11.5 Å². The summed E-state index contributed by atoms with van der Waals surface area (Å²) in [7, 11) is 1.67. The molecule has 6 heteroatoms. The molecule has 1 fully saturated rings. The summed E-state index contributed by atoms with van der Waals surface area (Å²) in [5.74, 6) is 1.59. The predicted octanol–water partition coefficient (Wildman–Crippen LogP) is 3.06. The molecule has 0 amide bonds. The van der Waals surface area contributed by atoms with Gasteiger partial charge in [0, 0.05) is 44.6 Å². The number of halogens is 1. The van der Waals surface area contributed by atoms with Crippen LogP contribution in [0.15, 0.2) is 42.7 Å². The van der Waals surface area contributed by atoms with Crippen LogP contribution >= 0.6 is 12.4 Å². The lowest BCUT2D eigenvalue weighted by molar-refractivity contribution is 0.153. The minimum absolute atomic E-state index is 0. The van der Waals surface area contributed by atoms with Crippen LogP contribution in [0.4, 0.5) is 0 Å². The number of nitrogens with zero attached hydrogens (tertiary/aromatic N) is 2. The molecule has 2 aromatic rings. The highest BCUT2D eigenvalue weighted by molar-refractivity contribution is 5.85. The van der Waals surface area contributed by atoms with E-state index in [2.05, 4.69) is 33.4 Å². The van der Waals surface area contributed by atoms with Crippen molar-refractivity contribution in [3.63, 3.8) is 0 Å². The third-order valence-corrected chi connectivity index (χ3v) is 4.34. The summed E-state index contributed by atoms with van der Waals surface area (Å²) in [4.78, 5) is 6.76. The minimum atomic E-state index is 0. The van der Waals surface area contributed by atoms with E-state index in [-0.39, 0.29) is 12.4 Å². The lowest BCUT2D eigenvalue weighted by Gasteiger charge is -2.36. The highest BCUT2D eigenvalue weighted by Gasteiger charge is 2.24. The van der Waals surface area contributed by atoms with Crippen LogP contribution in [0, 0.1) is 0 Å². The minimum Gasteiger partial charge on any atom is -0.493 e. The molecular weight excluding hydrogens is 338 g/mol. The Bertz CT molecular complexity index is 654. The van der Waals surface area contributed by atoms with Gasteiger partial charge in [0.15, 0.2) is 11.5 Å². The van der Waals surface area contributed by atoms with Crippen molar-refractivity contribution in [3.05, 3.63) is 53.9 Å². The van der Waals surface area contributed by atoms with Gasteiger partial charge in [-0.25, -0.2) is 0 Å². The zero-order valence-corrected chi connectivity index (χ0v) is 15.6. The van der Waals surface area contributed by atoms with Crippen LogP contribution in [0.3, 0.4) is 0 Å². The zero-order valence-electron chi connectivity index (χ0n) is 14.8. The molecule has 3 rings (SSSR count). The molecule has 25 heavy (non-hydrogen) atoms. The fourth-order valence-electron chi connectivity index (χ4n) is 3.16. The van der Waals surface area contributed by atoms with Crippen LogP contribution in [0.1, 0.15) is 24.1 Å². The van der Waals surface area contributed by atoms with E-state index in [1.807, 2.05) is 31.5 Å².